The van der Waals surface area contributed by atoms with Gasteiger partial charge in [-0.15, -0.1) is 0 Å². The van der Waals surface area contributed by atoms with Crippen molar-refractivity contribution >= 4 is 40.3 Å². The van der Waals surface area contributed by atoms with Crippen LogP contribution in [0.3, 0.4) is 0 Å². The van der Waals surface area contributed by atoms with Gasteiger partial charge in [0.15, 0.2) is 5.58 Å². The molecule has 2 N–H and O–H groups in total. The quantitative estimate of drug-likeness (QED) is 0.191. The number of oxazole rings is 1. The van der Waals surface area contributed by atoms with Crippen LogP contribution in [0.5, 0.6) is 0 Å². The number of rotatable bonds is 10. The van der Waals surface area contributed by atoms with Crippen LogP contribution in [0.15, 0.2) is 89.5 Å². The summed E-state index contributed by atoms with van der Waals surface area (Å²) in [4.78, 5) is 48.4. The number of carbonyl (C=O) groups excluding carboxylic acids is 3. The summed E-state index contributed by atoms with van der Waals surface area (Å²) in [6, 6.07) is 17.7. The molecule has 218 valence electrons. The first-order valence-corrected chi connectivity index (χ1v) is 13.8. The van der Waals surface area contributed by atoms with E-state index in [2.05, 4.69) is 20.6 Å². The standard InChI is InChI=1S/C32H25ClF2N4O4/c1-2-24(29(40)32-39-26-12-5-6-13-28(26)43-32)37-31(42)27(16-20-22(34)10-7-11-23(20)35)38-30(41)18-14-15-25(36-17-18)19-8-3-4-9-21(19)33/h3-15,17,24,27H,2,16H2,1H3,(H,37,42)(H,38,41)/t24-,27-/m0/s1. The average Bonchev–Trinajstić information content (AvgIpc) is 3.45. The number of benzene rings is 3. The number of ketones is 1. The highest BCUT2D eigenvalue weighted by atomic mass is 35.5. The lowest BCUT2D eigenvalue weighted by atomic mass is 10.0. The highest BCUT2D eigenvalue weighted by Crippen LogP contribution is 2.26. The number of nitrogens with zero attached hydrogens (tertiary/aromatic N) is 2. The summed E-state index contributed by atoms with van der Waals surface area (Å²) >= 11 is 6.24. The van der Waals surface area contributed by atoms with Crippen molar-refractivity contribution < 1.29 is 27.6 Å². The third-order valence-corrected chi connectivity index (χ3v) is 7.14. The van der Waals surface area contributed by atoms with Gasteiger partial charge in [-0.25, -0.2) is 13.8 Å². The molecule has 2 heterocycles. The summed E-state index contributed by atoms with van der Waals surface area (Å²) in [5.41, 5.74) is 1.76. The Labute approximate surface area is 250 Å². The fourth-order valence-corrected chi connectivity index (χ4v) is 4.72. The van der Waals surface area contributed by atoms with Gasteiger partial charge in [-0.3, -0.25) is 19.4 Å². The lowest BCUT2D eigenvalue weighted by molar-refractivity contribution is -0.123. The number of hydrogen-bond donors (Lipinski definition) is 2. The van der Waals surface area contributed by atoms with Crippen molar-refractivity contribution in [2.75, 3.05) is 0 Å². The smallest absolute Gasteiger partial charge is 0.266 e. The normalized spacial score (nSPS) is 12.5. The molecule has 5 rings (SSSR count). The van der Waals surface area contributed by atoms with Gasteiger partial charge in [0.05, 0.1) is 17.3 Å². The maximum atomic E-state index is 14.6. The van der Waals surface area contributed by atoms with E-state index in [1.807, 2.05) is 0 Å². The Bertz CT molecular complexity index is 1760. The summed E-state index contributed by atoms with van der Waals surface area (Å²) in [5, 5.41) is 5.60. The Hall–Kier alpha value is -4.96. The molecule has 0 saturated carbocycles. The Morgan fingerprint density at radius 3 is 2.28 bits per heavy atom. The molecule has 0 spiro atoms. The Kier molecular flexibility index (Phi) is 8.87. The molecule has 2 amide bonds. The molecule has 8 nitrogen and oxygen atoms in total. The van der Waals surface area contributed by atoms with E-state index in [4.69, 9.17) is 16.0 Å². The number of aromatic nitrogens is 2. The summed E-state index contributed by atoms with van der Waals surface area (Å²) in [6.45, 7) is 1.67. The number of nitrogens with one attached hydrogen (secondary N) is 2. The lowest BCUT2D eigenvalue weighted by Gasteiger charge is -2.22. The van der Waals surface area contributed by atoms with Gasteiger partial charge in [-0.1, -0.05) is 54.9 Å². The Balaban J connectivity index is 1.38. The molecule has 2 aromatic heterocycles. The van der Waals surface area contributed by atoms with Crippen LogP contribution in [0.2, 0.25) is 5.02 Å². The van der Waals surface area contributed by atoms with Crippen molar-refractivity contribution in [2.24, 2.45) is 0 Å². The first-order chi connectivity index (χ1) is 20.7. The minimum absolute atomic E-state index is 0.0946. The second-order valence-corrected chi connectivity index (χ2v) is 10.1. The van der Waals surface area contributed by atoms with Crippen LogP contribution in [-0.4, -0.2) is 39.6 Å². The first kappa shape index (κ1) is 29.5. The third-order valence-electron chi connectivity index (χ3n) is 6.81. The number of halogens is 3. The van der Waals surface area contributed by atoms with Gasteiger partial charge in [0, 0.05) is 28.8 Å². The van der Waals surface area contributed by atoms with E-state index in [0.717, 1.165) is 12.1 Å². The number of amides is 2. The topological polar surface area (TPSA) is 114 Å². The summed E-state index contributed by atoms with van der Waals surface area (Å²) in [7, 11) is 0. The number of Topliss-reactive ketones (excluding diaryl/α,β-unsaturated/α-hetero) is 1. The van der Waals surface area contributed by atoms with Crippen molar-refractivity contribution in [1.29, 1.82) is 0 Å². The molecular formula is C32H25ClF2N4O4. The van der Waals surface area contributed by atoms with Crippen molar-refractivity contribution in [3.63, 3.8) is 0 Å². The fraction of sp³-hybridized carbons (Fsp3) is 0.156. The average molecular weight is 603 g/mol. The van der Waals surface area contributed by atoms with Gasteiger partial charge in [-0.2, -0.15) is 0 Å². The molecule has 0 saturated heterocycles. The minimum Gasteiger partial charge on any atom is -0.434 e. The number of hydrogen-bond acceptors (Lipinski definition) is 6. The van der Waals surface area contributed by atoms with E-state index in [1.165, 1.54) is 18.3 Å². The van der Waals surface area contributed by atoms with Crippen LogP contribution in [0.25, 0.3) is 22.4 Å². The van der Waals surface area contributed by atoms with E-state index >= 15 is 0 Å². The third kappa shape index (κ3) is 6.60. The van der Waals surface area contributed by atoms with Crippen LogP contribution < -0.4 is 10.6 Å². The zero-order valence-corrected chi connectivity index (χ0v) is 23.6. The summed E-state index contributed by atoms with van der Waals surface area (Å²) in [5.74, 6) is -4.09. The zero-order chi connectivity index (χ0) is 30.5. The Morgan fingerprint density at radius 2 is 1.60 bits per heavy atom. The maximum Gasteiger partial charge on any atom is 0.266 e. The van der Waals surface area contributed by atoms with E-state index in [9.17, 15) is 23.2 Å². The second-order valence-electron chi connectivity index (χ2n) is 9.66. The lowest BCUT2D eigenvalue weighted by Crippen LogP contribution is -2.52. The highest BCUT2D eigenvalue weighted by molar-refractivity contribution is 6.33. The molecule has 0 unspecified atom stereocenters. The largest absolute Gasteiger partial charge is 0.434 e. The van der Waals surface area contributed by atoms with E-state index < -0.39 is 53.3 Å². The molecule has 0 aliphatic heterocycles. The van der Waals surface area contributed by atoms with Gasteiger partial charge < -0.3 is 15.1 Å². The second kappa shape index (κ2) is 12.9. The molecule has 5 aromatic rings. The van der Waals surface area contributed by atoms with Gasteiger partial charge in [0.1, 0.15) is 23.2 Å². The Morgan fingerprint density at radius 1 is 0.884 bits per heavy atom. The predicted molar refractivity (Wildman–Crippen MR) is 157 cm³/mol. The maximum absolute atomic E-state index is 14.6. The van der Waals surface area contributed by atoms with Crippen LogP contribution in [0.4, 0.5) is 8.78 Å². The molecule has 2 atom stereocenters. The van der Waals surface area contributed by atoms with Crippen LogP contribution in [0, 0.1) is 11.6 Å². The van der Waals surface area contributed by atoms with E-state index in [1.54, 1.807) is 61.5 Å². The van der Waals surface area contributed by atoms with Gasteiger partial charge in [-0.05, 0) is 48.9 Å². The molecule has 0 aliphatic carbocycles. The first-order valence-electron chi connectivity index (χ1n) is 13.4. The van der Waals surface area contributed by atoms with Crippen molar-refractivity contribution in [2.45, 2.75) is 31.8 Å². The monoisotopic (exact) mass is 602 g/mol. The van der Waals surface area contributed by atoms with Crippen LogP contribution in [-0.2, 0) is 11.2 Å². The van der Waals surface area contributed by atoms with Gasteiger partial charge >= 0.3 is 0 Å². The van der Waals surface area contributed by atoms with Crippen molar-refractivity contribution in [3.8, 4) is 11.3 Å². The van der Waals surface area contributed by atoms with E-state index in [0.29, 0.717) is 27.4 Å². The molecule has 0 fully saturated rings. The van der Waals surface area contributed by atoms with Crippen LogP contribution >= 0.6 is 11.6 Å². The predicted octanol–water partition coefficient (Wildman–Crippen LogP) is 5.94. The van der Waals surface area contributed by atoms with Crippen molar-refractivity contribution in [3.05, 3.63) is 119 Å². The van der Waals surface area contributed by atoms with E-state index in [-0.39, 0.29) is 17.9 Å². The summed E-state index contributed by atoms with van der Waals surface area (Å²) in [6.07, 6.45) is 0.943. The molecule has 0 bridgehead atoms. The summed E-state index contributed by atoms with van der Waals surface area (Å²) < 4.78 is 34.7. The van der Waals surface area contributed by atoms with Gasteiger partial charge in [0.25, 0.3) is 11.8 Å². The number of para-hydroxylation sites is 2. The molecule has 43 heavy (non-hydrogen) atoms. The number of carbonyl (C=O) groups is 3. The SMILES string of the molecule is CC[C@H](NC(=O)[C@H](Cc1c(F)cccc1F)NC(=O)c1ccc(-c2ccccc2Cl)nc1)C(=O)c1nc2ccccc2o1. The minimum atomic E-state index is -1.45. The molecule has 0 aliphatic rings. The molecule has 11 heteroatoms. The van der Waals surface area contributed by atoms with Crippen LogP contribution in [0.1, 0.15) is 40.0 Å². The van der Waals surface area contributed by atoms with Crippen molar-refractivity contribution in [1.82, 2.24) is 20.6 Å². The van der Waals surface area contributed by atoms with Gasteiger partial charge in [0.2, 0.25) is 11.7 Å². The fourth-order valence-electron chi connectivity index (χ4n) is 4.49. The molecule has 0 radical (unpaired) electrons. The highest BCUT2D eigenvalue weighted by Gasteiger charge is 2.30. The number of pyridine rings is 1. The molecule has 3 aromatic carbocycles. The molecular weight excluding hydrogens is 578 g/mol. The number of fused-ring (bicyclic) bond motifs is 1. The zero-order valence-electron chi connectivity index (χ0n) is 22.8.